The fourth-order valence-corrected chi connectivity index (χ4v) is 2.68. The van der Waals surface area contributed by atoms with E-state index in [0.717, 1.165) is 6.54 Å². The van der Waals surface area contributed by atoms with Crippen molar-refractivity contribution in [3.8, 4) is 0 Å². The topological polar surface area (TPSA) is 92.8 Å². The summed E-state index contributed by atoms with van der Waals surface area (Å²) in [6.45, 7) is 9.52. The van der Waals surface area contributed by atoms with Crippen molar-refractivity contribution in [3.05, 3.63) is 16.3 Å². The highest BCUT2D eigenvalue weighted by Gasteiger charge is 2.22. The zero-order chi connectivity index (χ0) is 15.6. The molecular formula is C14H24N6O. The first-order chi connectivity index (χ1) is 10.1. The van der Waals surface area contributed by atoms with Crippen LogP contribution in [0.4, 0.5) is 5.82 Å². The summed E-state index contributed by atoms with van der Waals surface area (Å²) in [5.41, 5.74) is 6.77. The molecule has 0 aromatic carbocycles. The molecule has 2 aromatic rings. The zero-order valence-corrected chi connectivity index (χ0v) is 13.2. The molecule has 21 heavy (non-hydrogen) atoms. The standard InChI is InChI=1S/C12H18N6O.C2H6/c1-7-4-3-5-17(7)6-18-11-9(16-12(18)19)10(13)14-8(2)15-11;1-2/h7H,3-6H2,1-2H3,(H,16,19)(H2,13,14,15);1-2H3. The van der Waals surface area contributed by atoms with Gasteiger partial charge in [-0.05, 0) is 26.7 Å². The summed E-state index contributed by atoms with van der Waals surface area (Å²) >= 11 is 0. The molecule has 0 radical (unpaired) electrons. The number of nitrogen functional groups attached to an aromatic ring is 1. The lowest BCUT2D eigenvalue weighted by Gasteiger charge is -2.20. The zero-order valence-electron chi connectivity index (χ0n) is 13.2. The monoisotopic (exact) mass is 292 g/mol. The number of H-pyrrole nitrogens is 1. The molecule has 0 saturated carbocycles. The fraction of sp³-hybridized carbons (Fsp3) is 0.643. The Balaban J connectivity index is 0.000000774. The second-order valence-electron chi connectivity index (χ2n) is 5.16. The van der Waals surface area contributed by atoms with Gasteiger partial charge >= 0.3 is 5.69 Å². The van der Waals surface area contributed by atoms with Gasteiger partial charge in [0.05, 0.1) is 6.67 Å². The van der Waals surface area contributed by atoms with Crippen LogP contribution in [-0.4, -0.2) is 37.0 Å². The third-order valence-corrected chi connectivity index (χ3v) is 3.78. The lowest BCUT2D eigenvalue weighted by molar-refractivity contribution is 0.212. The summed E-state index contributed by atoms with van der Waals surface area (Å²) < 4.78 is 1.64. The van der Waals surface area contributed by atoms with E-state index in [1.54, 1.807) is 11.5 Å². The minimum Gasteiger partial charge on any atom is -0.382 e. The predicted molar refractivity (Wildman–Crippen MR) is 84.0 cm³/mol. The number of hydrogen-bond donors (Lipinski definition) is 2. The summed E-state index contributed by atoms with van der Waals surface area (Å²) in [6.07, 6.45) is 2.35. The molecule has 1 aliphatic rings. The molecule has 0 spiro atoms. The number of likely N-dealkylation sites (tertiary alicyclic amines) is 1. The van der Waals surface area contributed by atoms with Crippen LogP contribution in [0.25, 0.3) is 11.2 Å². The number of fused-ring (bicyclic) bond motifs is 1. The average molecular weight is 292 g/mol. The van der Waals surface area contributed by atoms with Crippen LogP contribution < -0.4 is 11.4 Å². The predicted octanol–water partition coefficient (Wildman–Crippen LogP) is 1.48. The summed E-state index contributed by atoms with van der Waals surface area (Å²) in [4.78, 5) is 25.5. The van der Waals surface area contributed by atoms with Crippen molar-refractivity contribution in [1.82, 2.24) is 24.4 Å². The lowest BCUT2D eigenvalue weighted by atomic mass is 10.2. The minimum absolute atomic E-state index is 0.180. The highest BCUT2D eigenvalue weighted by Crippen LogP contribution is 2.19. The highest BCUT2D eigenvalue weighted by molar-refractivity contribution is 5.81. The van der Waals surface area contributed by atoms with Gasteiger partial charge in [-0.15, -0.1) is 0 Å². The fourth-order valence-electron chi connectivity index (χ4n) is 2.68. The Morgan fingerprint density at radius 2 is 2.10 bits per heavy atom. The number of anilines is 1. The summed E-state index contributed by atoms with van der Waals surface area (Å²) in [6, 6.07) is 0.497. The van der Waals surface area contributed by atoms with E-state index in [-0.39, 0.29) is 5.69 Å². The number of rotatable bonds is 2. The van der Waals surface area contributed by atoms with E-state index >= 15 is 0 Å². The maximum atomic E-state index is 12.1. The van der Waals surface area contributed by atoms with Gasteiger partial charge in [0, 0.05) is 12.6 Å². The SMILES string of the molecule is CC.Cc1nc(N)c2[nH]c(=O)n(CN3CCCC3C)c2n1. The second-order valence-corrected chi connectivity index (χ2v) is 5.16. The Morgan fingerprint density at radius 1 is 1.38 bits per heavy atom. The van der Waals surface area contributed by atoms with Gasteiger partial charge in [0.15, 0.2) is 11.5 Å². The molecule has 1 saturated heterocycles. The smallest absolute Gasteiger partial charge is 0.328 e. The van der Waals surface area contributed by atoms with Gasteiger partial charge in [0.1, 0.15) is 11.3 Å². The molecule has 1 atom stereocenters. The van der Waals surface area contributed by atoms with Gasteiger partial charge < -0.3 is 10.7 Å². The van der Waals surface area contributed by atoms with Crippen LogP contribution in [0.3, 0.4) is 0 Å². The van der Waals surface area contributed by atoms with E-state index in [2.05, 4.69) is 26.8 Å². The van der Waals surface area contributed by atoms with Crippen molar-refractivity contribution in [3.63, 3.8) is 0 Å². The first-order valence-electron chi connectivity index (χ1n) is 7.53. The van der Waals surface area contributed by atoms with Crippen molar-refractivity contribution in [2.75, 3.05) is 12.3 Å². The molecule has 0 aliphatic carbocycles. The number of nitrogens with two attached hydrogens (primary N) is 1. The van der Waals surface area contributed by atoms with Crippen LogP contribution in [-0.2, 0) is 6.67 Å². The molecule has 1 aliphatic heterocycles. The molecule has 1 unspecified atom stereocenters. The van der Waals surface area contributed by atoms with Crippen LogP contribution in [0.1, 0.15) is 39.4 Å². The van der Waals surface area contributed by atoms with Crippen molar-refractivity contribution in [1.29, 1.82) is 0 Å². The van der Waals surface area contributed by atoms with Crippen LogP contribution >= 0.6 is 0 Å². The maximum Gasteiger partial charge on any atom is 0.328 e. The summed E-state index contributed by atoms with van der Waals surface area (Å²) in [5, 5.41) is 0. The number of nitrogens with zero attached hydrogens (tertiary/aromatic N) is 4. The molecule has 3 rings (SSSR count). The highest BCUT2D eigenvalue weighted by atomic mass is 16.1. The van der Waals surface area contributed by atoms with Crippen LogP contribution in [0.5, 0.6) is 0 Å². The van der Waals surface area contributed by atoms with Gasteiger partial charge in [-0.1, -0.05) is 13.8 Å². The van der Waals surface area contributed by atoms with E-state index in [4.69, 9.17) is 5.73 Å². The molecule has 3 heterocycles. The minimum atomic E-state index is -0.180. The summed E-state index contributed by atoms with van der Waals surface area (Å²) in [5.74, 6) is 0.903. The Bertz CT molecular complexity index is 674. The number of aryl methyl sites for hydroxylation is 1. The van der Waals surface area contributed by atoms with Gasteiger partial charge in [-0.2, -0.15) is 0 Å². The Kier molecular flexibility index (Phi) is 4.62. The Hall–Kier alpha value is -1.89. The van der Waals surface area contributed by atoms with Gasteiger partial charge in [-0.25, -0.2) is 14.8 Å². The average Bonchev–Trinajstić information content (AvgIpc) is 2.99. The van der Waals surface area contributed by atoms with Gasteiger partial charge in [0.2, 0.25) is 0 Å². The largest absolute Gasteiger partial charge is 0.382 e. The number of nitrogens with one attached hydrogen (secondary N) is 1. The normalized spacial score (nSPS) is 18.8. The lowest BCUT2D eigenvalue weighted by Crippen LogP contribution is -2.33. The number of aromatic nitrogens is 4. The first kappa shape index (κ1) is 15.5. The van der Waals surface area contributed by atoms with Crippen molar-refractivity contribution in [2.45, 2.75) is 53.2 Å². The van der Waals surface area contributed by atoms with Crippen LogP contribution in [0, 0.1) is 6.92 Å². The molecule has 3 N–H and O–H groups in total. The van der Waals surface area contributed by atoms with E-state index in [0.29, 0.717) is 35.5 Å². The molecule has 116 valence electrons. The number of aromatic amines is 1. The third-order valence-electron chi connectivity index (χ3n) is 3.78. The first-order valence-corrected chi connectivity index (χ1v) is 7.53. The molecule has 7 nitrogen and oxygen atoms in total. The van der Waals surface area contributed by atoms with E-state index in [9.17, 15) is 4.79 Å². The van der Waals surface area contributed by atoms with Gasteiger partial charge in [0.25, 0.3) is 0 Å². The molecule has 1 fully saturated rings. The van der Waals surface area contributed by atoms with Crippen molar-refractivity contribution in [2.24, 2.45) is 0 Å². The van der Waals surface area contributed by atoms with Crippen molar-refractivity contribution < 1.29 is 0 Å². The third kappa shape index (κ3) is 2.92. The van der Waals surface area contributed by atoms with E-state index in [1.165, 1.54) is 12.8 Å². The second kappa shape index (κ2) is 6.26. The van der Waals surface area contributed by atoms with Gasteiger partial charge in [-0.3, -0.25) is 9.47 Å². The number of imidazole rings is 1. The van der Waals surface area contributed by atoms with E-state index < -0.39 is 0 Å². The quantitative estimate of drug-likeness (QED) is 0.874. The molecular weight excluding hydrogens is 268 g/mol. The van der Waals surface area contributed by atoms with Crippen molar-refractivity contribution >= 4 is 17.0 Å². The molecule has 0 bridgehead atoms. The Morgan fingerprint density at radius 3 is 2.71 bits per heavy atom. The Labute approximate surface area is 124 Å². The molecule has 0 amide bonds. The summed E-state index contributed by atoms with van der Waals surface area (Å²) in [7, 11) is 0. The van der Waals surface area contributed by atoms with E-state index in [1.807, 2.05) is 13.8 Å². The van der Waals surface area contributed by atoms with Crippen LogP contribution in [0.2, 0.25) is 0 Å². The number of hydrogen-bond acceptors (Lipinski definition) is 5. The maximum absolute atomic E-state index is 12.1. The molecule has 2 aromatic heterocycles. The van der Waals surface area contributed by atoms with Crippen LogP contribution in [0.15, 0.2) is 4.79 Å². The molecule has 7 heteroatoms.